The molecular formula is C21H22N2O4. The first-order valence-electron chi connectivity index (χ1n) is 9.14. The number of hydrogen-bond donors (Lipinski definition) is 1. The van der Waals surface area contributed by atoms with Crippen molar-refractivity contribution in [3.63, 3.8) is 0 Å². The van der Waals surface area contributed by atoms with Crippen LogP contribution in [0.3, 0.4) is 0 Å². The molecule has 2 fully saturated rings. The van der Waals surface area contributed by atoms with Crippen LogP contribution in [-0.4, -0.2) is 53.2 Å². The molecule has 1 aromatic heterocycles. The van der Waals surface area contributed by atoms with Crippen LogP contribution in [0.15, 0.2) is 42.6 Å². The second-order valence-electron chi connectivity index (χ2n) is 7.37. The first-order chi connectivity index (χ1) is 13.0. The predicted molar refractivity (Wildman–Crippen MR) is 99.3 cm³/mol. The van der Waals surface area contributed by atoms with Crippen molar-refractivity contribution in [2.45, 2.75) is 13.3 Å². The number of rotatable bonds is 3. The highest BCUT2D eigenvalue weighted by Crippen LogP contribution is 2.42. The molecule has 0 aliphatic carbocycles. The molecular weight excluding hydrogens is 344 g/mol. The van der Waals surface area contributed by atoms with E-state index in [1.165, 1.54) is 0 Å². The molecule has 1 N–H and O–H groups in total. The molecule has 4 rings (SSSR count). The largest absolute Gasteiger partial charge is 0.481 e. The summed E-state index contributed by atoms with van der Waals surface area (Å²) in [7, 11) is 0. The van der Waals surface area contributed by atoms with Crippen molar-refractivity contribution < 1.29 is 19.4 Å². The van der Waals surface area contributed by atoms with E-state index in [0.717, 1.165) is 11.1 Å². The number of pyridine rings is 1. The molecule has 2 aromatic rings. The number of carbonyl (C=O) groups excluding carboxylic acids is 1. The molecule has 6 nitrogen and oxygen atoms in total. The Morgan fingerprint density at radius 2 is 2.04 bits per heavy atom. The molecule has 0 saturated carbocycles. The Morgan fingerprint density at radius 1 is 1.26 bits per heavy atom. The van der Waals surface area contributed by atoms with E-state index in [1.807, 2.05) is 43.3 Å². The van der Waals surface area contributed by atoms with Crippen LogP contribution in [0, 0.1) is 18.3 Å². The zero-order valence-electron chi connectivity index (χ0n) is 15.2. The zero-order chi connectivity index (χ0) is 19.0. The van der Waals surface area contributed by atoms with Gasteiger partial charge in [0, 0.05) is 25.9 Å². The summed E-state index contributed by atoms with van der Waals surface area (Å²) in [5, 5.41) is 9.83. The lowest BCUT2D eigenvalue weighted by molar-refractivity contribution is -0.159. The second-order valence-corrected chi connectivity index (χ2v) is 7.37. The van der Waals surface area contributed by atoms with Crippen molar-refractivity contribution >= 4 is 11.9 Å². The Bertz CT molecular complexity index is 883. The normalized spacial score (nSPS) is 24.5. The first-order valence-corrected chi connectivity index (χ1v) is 9.14. The Morgan fingerprint density at radius 3 is 2.74 bits per heavy atom. The molecule has 140 valence electrons. The Balaban J connectivity index is 1.71. The first kappa shape index (κ1) is 17.7. The van der Waals surface area contributed by atoms with Gasteiger partial charge in [-0.2, -0.15) is 0 Å². The third-order valence-corrected chi connectivity index (χ3v) is 5.82. The minimum atomic E-state index is -1.00. The summed E-state index contributed by atoms with van der Waals surface area (Å²) in [4.78, 5) is 31.4. The maximum absolute atomic E-state index is 13.4. The fraction of sp³-hybridized carbons (Fsp3) is 0.381. The monoisotopic (exact) mass is 366 g/mol. The Kier molecular flexibility index (Phi) is 4.44. The second kappa shape index (κ2) is 6.78. The summed E-state index contributed by atoms with van der Waals surface area (Å²) in [5.41, 5.74) is 1.96. The molecule has 6 heteroatoms. The van der Waals surface area contributed by atoms with Crippen LogP contribution in [0.4, 0.5) is 0 Å². The topological polar surface area (TPSA) is 79.7 Å². The number of aromatic nitrogens is 1. The van der Waals surface area contributed by atoms with E-state index in [9.17, 15) is 14.7 Å². The molecule has 27 heavy (non-hydrogen) atoms. The lowest BCUT2D eigenvalue weighted by atomic mass is 9.76. The molecule has 2 saturated heterocycles. The molecule has 3 heterocycles. The number of carboxylic acid groups (broad SMARTS) is 1. The predicted octanol–water partition coefficient (Wildman–Crippen LogP) is 2.62. The molecule has 0 radical (unpaired) electrons. The number of benzene rings is 1. The van der Waals surface area contributed by atoms with Gasteiger partial charge < -0.3 is 14.7 Å². The van der Waals surface area contributed by atoms with Crippen molar-refractivity contribution in [2.75, 3.05) is 26.3 Å². The smallest absolute Gasteiger partial charge is 0.314 e. The highest BCUT2D eigenvalue weighted by atomic mass is 16.5. The quantitative estimate of drug-likeness (QED) is 0.903. The van der Waals surface area contributed by atoms with Crippen molar-refractivity contribution in [2.24, 2.45) is 11.3 Å². The molecule has 1 amide bonds. The summed E-state index contributed by atoms with van der Waals surface area (Å²) in [5.74, 6) is -1.12. The Hall–Kier alpha value is -2.73. The average Bonchev–Trinajstić information content (AvgIpc) is 3.09. The maximum atomic E-state index is 13.4. The minimum absolute atomic E-state index is 0.0788. The van der Waals surface area contributed by atoms with Crippen LogP contribution in [0.1, 0.15) is 22.5 Å². The zero-order valence-corrected chi connectivity index (χ0v) is 15.2. The van der Waals surface area contributed by atoms with E-state index < -0.39 is 11.4 Å². The van der Waals surface area contributed by atoms with Gasteiger partial charge >= 0.3 is 5.97 Å². The van der Waals surface area contributed by atoms with E-state index in [2.05, 4.69) is 4.98 Å². The summed E-state index contributed by atoms with van der Waals surface area (Å²) in [6.07, 6.45) is 2.36. The number of aliphatic carboxylic acids is 1. The third kappa shape index (κ3) is 2.90. The highest BCUT2D eigenvalue weighted by Gasteiger charge is 2.55. The standard InChI is InChI=1S/C21H22N2O4/c1-14-18(17(7-9-22-14)15-5-3-2-4-6-15)19(24)23-11-16-8-10-27-13-21(16,12-23)20(25)26/h2-7,9,16H,8,10-13H2,1H3,(H,25,26)/t16-,21+/m0/s1. The molecule has 2 aliphatic heterocycles. The van der Waals surface area contributed by atoms with Gasteiger partial charge in [-0.15, -0.1) is 0 Å². The third-order valence-electron chi connectivity index (χ3n) is 5.82. The van der Waals surface area contributed by atoms with Crippen LogP contribution in [-0.2, 0) is 9.53 Å². The fourth-order valence-electron chi connectivity index (χ4n) is 4.30. The maximum Gasteiger partial charge on any atom is 0.314 e. The van der Waals surface area contributed by atoms with E-state index >= 15 is 0 Å². The summed E-state index contributed by atoms with van der Waals surface area (Å²) >= 11 is 0. The average molecular weight is 366 g/mol. The van der Waals surface area contributed by atoms with Crippen molar-refractivity contribution in [1.29, 1.82) is 0 Å². The molecule has 2 atom stereocenters. The van der Waals surface area contributed by atoms with Crippen molar-refractivity contribution in [3.8, 4) is 11.1 Å². The molecule has 0 spiro atoms. The number of ether oxygens (including phenoxy) is 1. The van der Waals surface area contributed by atoms with Crippen molar-refractivity contribution in [3.05, 3.63) is 53.9 Å². The van der Waals surface area contributed by atoms with E-state index in [4.69, 9.17) is 4.74 Å². The number of amides is 1. The van der Waals surface area contributed by atoms with Crippen molar-refractivity contribution in [1.82, 2.24) is 9.88 Å². The van der Waals surface area contributed by atoms with E-state index in [1.54, 1.807) is 11.1 Å². The Labute approximate surface area is 157 Å². The molecule has 2 aliphatic rings. The number of carbonyl (C=O) groups is 2. The number of aryl methyl sites for hydroxylation is 1. The minimum Gasteiger partial charge on any atom is -0.481 e. The lowest BCUT2D eigenvalue weighted by Crippen LogP contribution is -2.46. The fourth-order valence-corrected chi connectivity index (χ4v) is 4.30. The SMILES string of the molecule is Cc1nccc(-c2ccccc2)c1C(=O)N1C[C@@H]2CCOC[C@]2(C(=O)O)C1. The summed E-state index contributed by atoms with van der Waals surface area (Å²) in [6, 6.07) is 11.6. The molecule has 1 aromatic carbocycles. The lowest BCUT2D eigenvalue weighted by Gasteiger charge is -2.33. The molecule has 0 unspecified atom stereocenters. The van der Waals surface area contributed by atoms with Gasteiger partial charge in [-0.3, -0.25) is 14.6 Å². The summed E-state index contributed by atoms with van der Waals surface area (Å²) in [6.45, 7) is 3.14. The van der Waals surface area contributed by atoms with Gasteiger partial charge in [0.25, 0.3) is 5.91 Å². The van der Waals surface area contributed by atoms with Crippen LogP contribution in [0.5, 0.6) is 0 Å². The van der Waals surface area contributed by atoms with Crippen LogP contribution in [0.25, 0.3) is 11.1 Å². The van der Waals surface area contributed by atoms with Gasteiger partial charge in [0.15, 0.2) is 0 Å². The number of carboxylic acids is 1. The number of fused-ring (bicyclic) bond motifs is 1. The van der Waals surface area contributed by atoms with Gasteiger partial charge in [-0.1, -0.05) is 30.3 Å². The van der Waals surface area contributed by atoms with Gasteiger partial charge in [-0.05, 0) is 36.5 Å². The molecule has 0 bridgehead atoms. The van der Waals surface area contributed by atoms with Crippen LogP contribution < -0.4 is 0 Å². The number of likely N-dealkylation sites (tertiary alicyclic amines) is 1. The van der Waals surface area contributed by atoms with Gasteiger partial charge in [0.2, 0.25) is 0 Å². The van der Waals surface area contributed by atoms with Gasteiger partial charge in [0.1, 0.15) is 5.41 Å². The van der Waals surface area contributed by atoms with E-state index in [0.29, 0.717) is 30.8 Å². The van der Waals surface area contributed by atoms with Crippen LogP contribution in [0.2, 0.25) is 0 Å². The number of hydrogen-bond acceptors (Lipinski definition) is 4. The highest BCUT2D eigenvalue weighted by molar-refractivity contribution is 6.02. The van der Waals surface area contributed by atoms with Gasteiger partial charge in [-0.25, -0.2) is 0 Å². The summed E-state index contributed by atoms with van der Waals surface area (Å²) < 4.78 is 5.47. The van der Waals surface area contributed by atoms with Gasteiger partial charge in [0.05, 0.1) is 17.9 Å². The van der Waals surface area contributed by atoms with E-state index in [-0.39, 0.29) is 25.0 Å². The number of nitrogens with zero attached hydrogens (tertiary/aromatic N) is 2. The van der Waals surface area contributed by atoms with Crippen LogP contribution >= 0.6 is 0 Å².